The molecule has 0 heterocycles. The predicted molar refractivity (Wildman–Crippen MR) is 67.9 cm³/mol. The minimum Gasteiger partial charge on any atom is -0.480 e. The Hall–Kier alpha value is -0.570. The topological polar surface area (TPSA) is 49.3 Å². The quantitative estimate of drug-likeness (QED) is 0.793. The molecule has 0 radical (unpaired) electrons. The maximum absolute atomic E-state index is 11.2. The minimum absolute atomic E-state index is 0.302. The zero-order valence-electron chi connectivity index (χ0n) is 11.2. The van der Waals surface area contributed by atoms with Crippen molar-refractivity contribution in [1.29, 1.82) is 0 Å². The van der Waals surface area contributed by atoms with E-state index in [0.717, 1.165) is 19.3 Å². The SMILES string of the molecule is CC1CC(C)(C)CCC1NC(C(=O)O)C1CC1. The second-order valence-electron chi connectivity index (χ2n) is 6.81. The highest BCUT2D eigenvalue weighted by molar-refractivity contribution is 5.74. The molecular weight excluding hydrogens is 214 g/mol. The maximum atomic E-state index is 11.2. The van der Waals surface area contributed by atoms with Crippen LogP contribution in [0.1, 0.15) is 52.9 Å². The first kappa shape index (κ1) is 12.9. The number of carbonyl (C=O) groups is 1. The van der Waals surface area contributed by atoms with E-state index in [1.807, 2.05) is 0 Å². The Kier molecular flexibility index (Phi) is 3.48. The first-order chi connectivity index (χ1) is 7.89. The van der Waals surface area contributed by atoms with Crippen molar-refractivity contribution in [3.05, 3.63) is 0 Å². The molecule has 2 saturated carbocycles. The van der Waals surface area contributed by atoms with Crippen molar-refractivity contribution in [3.8, 4) is 0 Å². The van der Waals surface area contributed by atoms with Crippen LogP contribution in [0.5, 0.6) is 0 Å². The molecule has 0 aromatic carbocycles. The summed E-state index contributed by atoms with van der Waals surface area (Å²) in [5, 5.41) is 12.6. The number of hydrogen-bond acceptors (Lipinski definition) is 2. The van der Waals surface area contributed by atoms with E-state index in [2.05, 4.69) is 26.1 Å². The van der Waals surface area contributed by atoms with Crippen LogP contribution >= 0.6 is 0 Å². The van der Waals surface area contributed by atoms with Gasteiger partial charge in [0.1, 0.15) is 6.04 Å². The summed E-state index contributed by atoms with van der Waals surface area (Å²) in [6.07, 6.45) is 5.67. The third-order valence-electron chi connectivity index (χ3n) is 4.45. The Balaban J connectivity index is 1.92. The molecule has 0 spiro atoms. The smallest absolute Gasteiger partial charge is 0.320 e. The Labute approximate surface area is 104 Å². The largest absolute Gasteiger partial charge is 0.480 e. The van der Waals surface area contributed by atoms with Gasteiger partial charge in [0.2, 0.25) is 0 Å². The van der Waals surface area contributed by atoms with Crippen molar-refractivity contribution < 1.29 is 9.90 Å². The van der Waals surface area contributed by atoms with Crippen LogP contribution < -0.4 is 5.32 Å². The lowest BCUT2D eigenvalue weighted by molar-refractivity contribution is -0.140. The van der Waals surface area contributed by atoms with Crippen LogP contribution in [0, 0.1) is 17.3 Å². The number of rotatable bonds is 4. The van der Waals surface area contributed by atoms with Crippen molar-refractivity contribution >= 4 is 5.97 Å². The molecule has 2 aliphatic rings. The van der Waals surface area contributed by atoms with Gasteiger partial charge in [-0.3, -0.25) is 4.79 Å². The molecule has 0 saturated heterocycles. The van der Waals surface area contributed by atoms with Gasteiger partial charge in [0.15, 0.2) is 0 Å². The summed E-state index contributed by atoms with van der Waals surface area (Å²) in [6.45, 7) is 6.88. The standard InChI is InChI=1S/C14H25NO2/c1-9-8-14(2,3)7-6-11(9)15-12(13(16)17)10-4-5-10/h9-12,15H,4-8H2,1-3H3,(H,16,17). The molecule has 0 amide bonds. The van der Waals surface area contributed by atoms with Crippen LogP contribution in [0.4, 0.5) is 0 Å². The highest BCUT2D eigenvalue weighted by Gasteiger charge is 2.40. The molecule has 0 aliphatic heterocycles. The van der Waals surface area contributed by atoms with E-state index >= 15 is 0 Å². The zero-order valence-corrected chi connectivity index (χ0v) is 11.2. The summed E-state index contributed by atoms with van der Waals surface area (Å²) in [6, 6.07) is 0.0911. The first-order valence-corrected chi connectivity index (χ1v) is 6.88. The molecular formula is C14H25NO2. The number of carboxylic acid groups (broad SMARTS) is 1. The number of aliphatic carboxylic acids is 1. The molecule has 2 rings (SSSR count). The van der Waals surface area contributed by atoms with Crippen LogP contribution in [-0.2, 0) is 4.79 Å². The van der Waals surface area contributed by atoms with E-state index in [1.54, 1.807) is 0 Å². The van der Waals surface area contributed by atoms with Gasteiger partial charge in [-0.15, -0.1) is 0 Å². The Morgan fingerprint density at radius 2 is 2.00 bits per heavy atom. The van der Waals surface area contributed by atoms with E-state index < -0.39 is 5.97 Å². The van der Waals surface area contributed by atoms with Crippen LogP contribution in [0.25, 0.3) is 0 Å². The summed E-state index contributed by atoms with van der Waals surface area (Å²) in [4.78, 5) is 11.2. The summed E-state index contributed by atoms with van der Waals surface area (Å²) >= 11 is 0. The van der Waals surface area contributed by atoms with E-state index in [1.165, 1.54) is 12.8 Å². The summed E-state index contributed by atoms with van der Waals surface area (Å²) in [5.41, 5.74) is 0.426. The van der Waals surface area contributed by atoms with Gasteiger partial charge in [-0.1, -0.05) is 20.8 Å². The fourth-order valence-electron chi connectivity index (χ4n) is 3.26. The van der Waals surface area contributed by atoms with Gasteiger partial charge in [0.25, 0.3) is 0 Å². The van der Waals surface area contributed by atoms with Gasteiger partial charge in [-0.05, 0) is 49.4 Å². The minimum atomic E-state index is -0.662. The lowest BCUT2D eigenvalue weighted by atomic mass is 9.70. The average Bonchev–Trinajstić information content (AvgIpc) is 2.98. The van der Waals surface area contributed by atoms with Crippen molar-refractivity contribution in [2.24, 2.45) is 17.3 Å². The molecule has 2 aliphatic carbocycles. The third-order valence-corrected chi connectivity index (χ3v) is 4.45. The van der Waals surface area contributed by atoms with Crippen LogP contribution in [-0.4, -0.2) is 23.2 Å². The molecule has 2 N–H and O–H groups in total. The second kappa shape index (κ2) is 4.60. The summed E-state index contributed by atoms with van der Waals surface area (Å²) in [7, 11) is 0. The van der Waals surface area contributed by atoms with Crippen molar-refractivity contribution in [3.63, 3.8) is 0 Å². The van der Waals surface area contributed by atoms with Gasteiger partial charge in [0.05, 0.1) is 0 Å². The molecule has 3 heteroatoms. The monoisotopic (exact) mass is 239 g/mol. The van der Waals surface area contributed by atoms with Gasteiger partial charge in [-0.25, -0.2) is 0 Å². The highest BCUT2D eigenvalue weighted by Crippen LogP contribution is 2.40. The normalized spacial score (nSPS) is 34.3. The Morgan fingerprint density at radius 1 is 1.35 bits per heavy atom. The van der Waals surface area contributed by atoms with Crippen LogP contribution in [0.3, 0.4) is 0 Å². The Bertz CT molecular complexity index is 297. The molecule has 3 unspecified atom stereocenters. The van der Waals surface area contributed by atoms with Gasteiger partial charge >= 0.3 is 5.97 Å². The predicted octanol–water partition coefficient (Wildman–Crippen LogP) is 2.65. The van der Waals surface area contributed by atoms with E-state index in [4.69, 9.17) is 0 Å². The molecule has 3 atom stereocenters. The Morgan fingerprint density at radius 3 is 2.47 bits per heavy atom. The molecule has 0 bridgehead atoms. The molecule has 17 heavy (non-hydrogen) atoms. The zero-order chi connectivity index (χ0) is 12.6. The fraction of sp³-hybridized carbons (Fsp3) is 0.929. The van der Waals surface area contributed by atoms with Crippen LogP contribution in [0.15, 0.2) is 0 Å². The van der Waals surface area contributed by atoms with Gasteiger partial charge < -0.3 is 10.4 Å². The second-order valence-corrected chi connectivity index (χ2v) is 6.81. The van der Waals surface area contributed by atoms with Crippen molar-refractivity contribution in [2.45, 2.75) is 65.0 Å². The average molecular weight is 239 g/mol. The number of nitrogens with one attached hydrogen (secondary N) is 1. The molecule has 98 valence electrons. The molecule has 0 aromatic rings. The maximum Gasteiger partial charge on any atom is 0.320 e. The molecule has 2 fully saturated rings. The number of hydrogen-bond donors (Lipinski definition) is 2. The lowest BCUT2D eigenvalue weighted by Gasteiger charge is -2.40. The lowest BCUT2D eigenvalue weighted by Crippen LogP contribution is -2.50. The summed E-state index contributed by atoms with van der Waals surface area (Å²) < 4.78 is 0. The molecule has 0 aromatic heterocycles. The van der Waals surface area contributed by atoms with E-state index in [0.29, 0.717) is 23.3 Å². The van der Waals surface area contributed by atoms with Gasteiger partial charge in [0, 0.05) is 6.04 Å². The highest BCUT2D eigenvalue weighted by atomic mass is 16.4. The van der Waals surface area contributed by atoms with E-state index in [-0.39, 0.29) is 6.04 Å². The summed E-state index contributed by atoms with van der Waals surface area (Å²) in [5.74, 6) is 0.304. The van der Waals surface area contributed by atoms with Crippen molar-refractivity contribution in [2.75, 3.05) is 0 Å². The van der Waals surface area contributed by atoms with Crippen molar-refractivity contribution in [1.82, 2.24) is 5.32 Å². The van der Waals surface area contributed by atoms with Crippen LogP contribution in [0.2, 0.25) is 0 Å². The fourth-order valence-corrected chi connectivity index (χ4v) is 3.26. The third kappa shape index (κ3) is 3.21. The van der Waals surface area contributed by atoms with E-state index in [9.17, 15) is 9.90 Å². The first-order valence-electron chi connectivity index (χ1n) is 6.88. The number of carboxylic acids is 1. The molecule has 3 nitrogen and oxygen atoms in total. The van der Waals surface area contributed by atoms with Gasteiger partial charge in [-0.2, -0.15) is 0 Å².